The van der Waals surface area contributed by atoms with Crippen LogP contribution in [0.15, 0.2) is 24.3 Å². The van der Waals surface area contributed by atoms with E-state index in [9.17, 15) is 19.1 Å². The number of carbonyl (C=O) groups is 2. The lowest BCUT2D eigenvalue weighted by atomic mass is 9.92. The predicted octanol–water partition coefficient (Wildman–Crippen LogP) is 2.53. The molecule has 22 heavy (non-hydrogen) atoms. The van der Waals surface area contributed by atoms with Gasteiger partial charge in [-0.1, -0.05) is 24.3 Å². The second-order valence-corrected chi connectivity index (χ2v) is 5.64. The van der Waals surface area contributed by atoms with Gasteiger partial charge >= 0.3 is 5.97 Å². The van der Waals surface area contributed by atoms with E-state index >= 15 is 0 Å². The number of ketones is 1. The number of rotatable bonds is 10. The Balaban J connectivity index is 2.59. The third kappa shape index (κ3) is 6.35. The summed E-state index contributed by atoms with van der Waals surface area (Å²) >= 11 is 0. The first-order valence-electron chi connectivity index (χ1n) is 7.56. The first kappa shape index (κ1) is 18.3. The molecule has 0 aliphatic rings. The van der Waals surface area contributed by atoms with Gasteiger partial charge in [-0.3, -0.25) is 14.0 Å². The molecule has 122 valence electrons. The van der Waals surface area contributed by atoms with Crippen LogP contribution in [0.2, 0.25) is 0 Å². The van der Waals surface area contributed by atoms with Crippen molar-refractivity contribution in [3.05, 3.63) is 35.4 Å². The van der Waals surface area contributed by atoms with E-state index < -0.39 is 17.9 Å². The summed E-state index contributed by atoms with van der Waals surface area (Å²) < 4.78 is 12.1. The summed E-state index contributed by atoms with van der Waals surface area (Å²) in [6.45, 7) is 1.08. The number of carboxylic acids is 1. The molecule has 4 nitrogen and oxygen atoms in total. The molecule has 5 heteroatoms. The smallest absolute Gasteiger partial charge is 0.306 e. The third-order valence-corrected chi connectivity index (χ3v) is 3.80. The van der Waals surface area contributed by atoms with Crippen molar-refractivity contribution in [2.75, 3.05) is 6.67 Å². The van der Waals surface area contributed by atoms with Crippen molar-refractivity contribution >= 4 is 11.8 Å². The van der Waals surface area contributed by atoms with Crippen LogP contribution in [0.5, 0.6) is 0 Å². The predicted molar refractivity (Wildman–Crippen MR) is 83.5 cm³/mol. The van der Waals surface area contributed by atoms with Crippen LogP contribution in [0.3, 0.4) is 0 Å². The van der Waals surface area contributed by atoms with Gasteiger partial charge in [-0.15, -0.1) is 0 Å². The number of benzene rings is 1. The van der Waals surface area contributed by atoms with E-state index in [1.807, 2.05) is 24.3 Å². The number of hydrogen-bond acceptors (Lipinski definition) is 3. The normalized spacial score (nSPS) is 13.6. The quantitative estimate of drug-likeness (QED) is 0.696. The number of Topliss-reactive ketones (excluding diaryl/α,β-unsaturated/α-hetero) is 1. The maximum absolute atomic E-state index is 12.1. The van der Waals surface area contributed by atoms with Crippen molar-refractivity contribution in [3.8, 4) is 0 Å². The fraction of sp³-hybridized carbons (Fsp3) is 0.529. The van der Waals surface area contributed by atoms with E-state index in [2.05, 4.69) is 0 Å². The lowest BCUT2D eigenvalue weighted by Gasteiger charge is -2.15. The number of halogens is 1. The molecule has 0 saturated heterocycles. The zero-order chi connectivity index (χ0) is 16.5. The van der Waals surface area contributed by atoms with Crippen molar-refractivity contribution < 1.29 is 19.1 Å². The third-order valence-electron chi connectivity index (χ3n) is 3.80. The number of carboxylic acid groups (broad SMARTS) is 1. The van der Waals surface area contributed by atoms with Gasteiger partial charge < -0.3 is 10.8 Å². The standard InChI is InChI=1S/C17H24FNO3/c1-12(20)16(19)9-8-15(17(21)22)11-14-6-4-13(5-7-14)3-2-10-18/h4-7,15-16H,2-3,8-11,19H2,1H3,(H,21,22)/t15-,16-/m0/s1. The fourth-order valence-corrected chi connectivity index (χ4v) is 2.29. The maximum Gasteiger partial charge on any atom is 0.306 e. The molecule has 1 aromatic rings. The van der Waals surface area contributed by atoms with Crippen molar-refractivity contribution in [3.63, 3.8) is 0 Å². The molecule has 2 atom stereocenters. The Morgan fingerprint density at radius 3 is 2.27 bits per heavy atom. The van der Waals surface area contributed by atoms with Gasteiger partial charge in [0.1, 0.15) is 5.78 Å². The molecular weight excluding hydrogens is 285 g/mol. The number of alkyl halides is 1. The summed E-state index contributed by atoms with van der Waals surface area (Å²) in [5.41, 5.74) is 7.62. The van der Waals surface area contributed by atoms with Crippen LogP contribution in [0.25, 0.3) is 0 Å². The minimum Gasteiger partial charge on any atom is -0.481 e. The zero-order valence-corrected chi connectivity index (χ0v) is 12.9. The molecule has 0 unspecified atom stereocenters. The maximum atomic E-state index is 12.1. The molecule has 0 heterocycles. The van der Waals surface area contributed by atoms with Gasteiger partial charge in [0, 0.05) is 0 Å². The van der Waals surface area contributed by atoms with E-state index in [-0.39, 0.29) is 12.5 Å². The van der Waals surface area contributed by atoms with E-state index in [4.69, 9.17) is 5.73 Å². The van der Waals surface area contributed by atoms with Crippen molar-refractivity contribution in [1.29, 1.82) is 0 Å². The Bertz CT molecular complexity index is 487. The summed E-state index contributed by atoms with van der Waals surface area (Å²) in [4.78, 5) is 22.4. The van der Waals surface area contributed by atoms with E-state index in [1.54, 1.807) is 0 Å². The summed E-state index contributed by atoms with van der Waals surface area (Å²) in [6.07, 6.45) is 2.34. The molecule has 0 aliphatic heterocycles. The Morgan fingerprint density at radius 1 is 1.18 bits per heavy atom. The van der Waals surface area contributed by atoms with E-state index in [0.717, 1.165) is 11.1 Å². The molecule has 0 fully saturated rings. The first-order chi connectivity index (χ1) is 10.4. The Kier molecular flexibility index (Phi) is 7.74. The number of aryl methyl sites for hydroxylation is 1. The number of carbonyl (C=O) groups excluding carboxylic acids is 1. The molecular formula is C17H24FNO3. The lowest BCUT2D eigenvalue weighted by molar-refractivity contribution is -0.142. The SMILES string of the molecule is CC(=O)[C@@H](N)CC[C@@H](Cc1ccc(CCCF)cc1)C(=O)O. The van der Waals surface area contributed by atoms with E-state index in [1.165, 1.54) is 6.92 Å². The topological polar surface area (TPSA) is 80.4 Å². The second-order valence-electron chi connectivity index (χ2n) is 5.64. The molecule has 0 bridgehead atoms. The molecule has 0 spiro atoms. The minimum atomic E-state index is -0.878. The second kappa shape index (κ2) is 9.30. The summed E-state index contributed by atoms with van der Waals surface area (Å²) in [7, 11) is 0. The van der Waals surface area contributed by atoms with Crippen molar-refractivity contribution in [2.45, 2.75) is 45.1 Å². The summed E-state index contributed by atoms with van der Waals surface area (Å²) in [6, 6.07) is 6.99. The Hall–Kier alpha value is -1.75. The average Bonchev–Trinajstić information content (AvgIpc) is 2.49. The van der Waals surface area contributed by atoms with Gasteiger partial charge in [0.15, 0.2) is 0 Å². The molecule has 3 N–H and O–H groups in total. The minimum absolute atomic E-state index is 0.124. The zero-order valence-electron chi connectivity index (χ0n) is 12.9. The van der Waals surface area contributed by atoms with Gasteiger partial charge in [-0.25, -0.2) is 0 Å². The van der Waals surface area contributed by atoms with Crippen LogP contribution in [0, 0.1) is 5.92 Å². The van der Waals surface area contributed by atoms with Crippen LogP contribution >= 0.6 is 0 Å². The fourth-order valence-electron chi connectivity index (χ4n) is 2.29. The first-order valence-corrected chi connectivity index (χ1v) is 7.56. The highest BCUT2D eigenvalue weighted by Gasteiger charge is 2.20. The molecule has 0 aromatic heterocycles. The highest BCUT2D eigenvalue weighted by atomic mass is 19.1. The van der Waals surface area contributed by atoms with Gasteiger partial charge in [0.25, 0.3) is 0 Å². The van der Waals surface area contributed by atoms with Crippen molar-refractivity contribution in [2.24, 2.45) is 11.7 Å². The van der Waals surface area contributed by atoms with Crippen molar-refractivity contribution in [1.82, 2.24) is 0 Å². The van der Waals surface area contributed by atoms with Crippen LogP contribution in [-0.4, -0.2) is 29.6 Å². The number of aliphatic carboxylic acids is 1. The lowest BCUT2D eigenvalue weighted by Crippen LogP contribution is -2.30. The summed E-state index contributed by atoms with van der Waals surface area (Å²) in [5, 5.41) is 9.29. The van der Waals surface area contributed by atoms with Gasteiger partial charge in [-0.2, -0.15) is 0 Å². The van der Waals surface area contributed by atoms with Crippen LogP contribution in [0.4, 0.5) is 4.39 Å². The highest BCUT2D eigenvalue weighted by molar-refractivity contribution is 5.81. The number of hydrogen-bond donors (Lipinski definition) is 2. The molecule has 0 saturated carbocycles. The van der Waals surface area contributed by atoms with Crippen LogP contribution < -0.4 is 5.73 Å². The summed E-state index contributed by atoms with van der Waals surface area (Å²) in [5.74, 6) is -1.55. The molecule has 0 aliphatic carbocycles. The molecule has 1 aromatic carbocycles. The van der Waals surface area contributed by atoms with E-state index in [0.29, 0.717) is 32.1 Å². The largest absolute Gasteiger partial charge is 0.481 e. The van der Waals surface area contributed by atoms with Gasteiger partial charge in [0.05, 0.1) is 18.6 Å². The monoisotopic (exact) mass is 309 g/mol. The molecule has 0 radical (unpaired) electrons. The van der Waals surface area contributed by atoms with Gasteiger partial charge in [-0.05, 0) is 50.2 Å². The number of nitrogens with two attached hydrogens (primary N) is 1. The molecule has 0 amide bonds. The average molecular weight is 309 g/mol. The van der Waals surface area contributed by atoms with Crippen LogP contribution in [-0.2, 0) is 22.4 Å². The van der Waals surface area contributed by atoms with Gasteiger partial charge in [0.2, 0.25) is 0 Å². The Morgan fingerprint density at radius 2 is 1.77 bits per heavy atom. The Labute approximate surface area is 130 Å². The highest BCUT2D eigenvalue weighted by Crippen LogP contribution is 2.17. The molecule has 1 rings (SSSR count). The van der Waals surface area contributed by atoms with Crippen LogP contribution in [0.1, 0.15) is 37.3 Å².